The average Bonchev–Trinajstić information content (AvgIpc) is 2.52. The molecule has 0 fully saturated rings. The zero-order valence-corrected chi connectivity index (χ0v) is 13.1. The third kappa shape index (κ3) is 2.98. The number of phenols is 1. The van der Waals surface area contributed by atoms with Gasteiger partial charge in [-0.2, -0.15) is 0 Å². The number of methoxy groups -OCH3 is 3. The Morgan fingerprint density at radius 1 is 1.00 bits per heavy atom. The smallest absolute Gasteiger partial charge is 0.345 e. The highest BCUT2D eigenvalue weighted by Crippen LogP contribution is 2.42. The van der Waals surface area contributed by atoms with E-state index in [1.165, 1.54) is 27.2 Å². The van der Waals surface area contributed by atoms with Crippen molar-refractivity contribution in [3.05, 3.63) is 23.8 Å². The molecule has 7 nitrogen and oxygen atoms in total. The van der Waals surface area contributed by atoms with Crippen molar-refractivity contribution in [1.82, 2.24) is 0 Å². The van der Waals surface area contributed by atoms with E-state index in [-0.39, 0.29) is 17.1 Å². The van der Waals surface area contributed by atoms with Crippen LogP contribution in [0, 0.1) is 0 Å². The first-order chi connectivity index (χ1) is 10.9. The maximum atomic E-state index is 11.9. The minimum atomic E-state index is -0.824. The van der Waals surface area contributed by atoms with E-state index in [0.29, 0.717) is 22.3 Å². The molecule has 0 aliphatic rings. The van der Waals surface area contributed by atoms with Crippen LogP contribution in [-0.4, -0.2) is 38.4 Å². The summed E-state index contributed by atoms with van der Waals surface area (Å²) < 4.78 is 20.2. The number of esters is 2. The summed E-state index contributed by atoms with van der Waals surface area (Å²) in [7, 11) is 4.09. The highest BCUT2D eigenvalue weighted by molar-refractivity contribution is 6.06. The fourth-order valence-electron chi connectivity index (χ4n) is 2.23. The lowest BCUT2D eigenvalue weighted by atomic mass is 10.0. The highest BCUT2D eigenvalue weighted by Gasteiger charge is 2.24. The highest BCUT2D eigenvalue weighted by atomic mass is 16.5. The molecule has 2 aromatic rings. The van der Waals surface area contributed by atoms with Gasteiger partial charge in [-0.3, -0.25) is 4.79 Å². The number of aromatic hydroxyl groups is 1. The lowest BCUT2D eigenvalue weighted by molar-refractivity contribution is -0.131. The molecule has 7 heteroatoms. The Labute approximate surface area is 132 Å². The van der Waals surface area contributed by atoms with Gasteiger partial charge < -0.3 is 24.1 Å². The van der Waals surface area contributed by atoms with Gasteiger partial charge >= 0.3 is 11.9 Å². The van der Waals surface area contributed by atoms with E-state index in [2.05, 4.69) is 4.74 Å². The van der Waals surface area contributed by atoms with Crippen LogP contribution in [0.3, 0.4) is 0 Å². The molecular weight excluding hydrogens is 304 g/mol. The summed E-state index contributed by atoms with van der Waals surface area (Å²) in [6.45, 7) is 1.19. The molecule has 0 atom stereocenters. The van der Waals surface area contributed by atoms with E-state index in [1.54, 1.807) is 12.1 Å². The van der Waals surface area contributed by atoms with E-state index in [9.17, 15) is 14.7 Å². The van der Waals surface area contributed by atoms with Crippen molar-refractivity contribution in [2.75, 3.05) is 21.3 Å². The first-order valence-electron chi connectivity index (χ1n) is 6.61. The van der Waals surface area contributed by atoms with Crippen LogP contribution in [0.25, 0.3) is 10.8 Å². The van der Waals surface area contributed by atoms with Gasteiger partial charge in [0.2, 0.25) is 0 Å². The second kappa shape index (κ2) is 6.43. The van der Waals surface area contributed by atoms with Crippen molar-refractivity contribution < 1.29 is 33.6 Å². The number of fused-ring (bicyclic) bond motifs is 1. The third-order valence-corrected chi connectivity index (χ3v) is 3.21. The number of hydrogen-bond donors (Lipinski definition) is 1. The molecule has 0 amide bonds. The zero-order chi connectivity index (χ0) is 17.1. The summed E-state index contributed by atoms with van der Waals surface area (Å²) in [5, 5.41) is 11.0. The second-order valence-corrected chi connectivity index (χ2v) is 4.61. The maximum absolute atomic E-state index is 11.9. The fourth-order valence-corrected chi connectivity index (χ4v) is 2.23. The molecule has 23 heavy (non-hydrogen) atoms. The summed E-state index contributed by atoms with van der Waals surface area (Å²) in [6.07, 6.45) is 0. The van der Waals surface area contributed by atoms with Gasteiger partial charge in [-0.1, -0.05) is 0 Å². The molecule has 0 aromatic heterocycles. The summed E-state index contributed by atoms with van der Waals surface area (Å²) in [4.78, 5) is 23.3. The zero-order valence-electron chi connectivity index (χ0n) is 13.1. The number of phenolic OH excluding ortho intramolecular Hbond substituents is 1. The van der Waals surface area contributed by atoms with Gasteiger partial charge in [-0.25, -0.2) is 4.79 Å². The minimum Gasteiger partial charge on any atom is -0.507 e. The summed E-state index contributed by atoms with van der Waals surface area (Å²) in [5.74, 6) is -1.12. The molecule has 0 aliphatic carbocycles. The molecule has 0 spiro atoms. The van der Waals surface area contributed by atoms with Crippen LogP contribution >= 0.6 is 0 Å². The molecular formula is C16H16O7. The summed E-state index contributed by atoms with van der Waals surface area (Å²) >= 11 is 0. The first kappa shape index (κ1) is 16.4. The minimum absolute atomic E-state index is 0.0969. The van der Waals surface area contributed by atoms with Crippen molar-refractivity contribution >= 4 is 22.7 Å². The predicted molar refractivity (Wildman–Crippen MR) is 81.4 cm³/mol. The van der Waals surface area contributed by atoms with Crippen LogP contribution in [0.5, 0.6) is 23.0 Å². The van der Waals surface area contributed by atoms with E-state index in [4.69, 9.17) is 14.2 Å². The quantitative estimate of drug-likeness (QED) is 0.682. The monoisotopic (exact) mass is 320 g/mol. The molecule has 0 unspecified atom stereocenters. The lowest BCUT2D eigenvalue weighted by Gasteiger charge is -2.15. The van der Waals surface area contributed by atoms with Gasteiger partial charge in [-0.15, -0.1) is 0 Å². The lowest BCUT2D eigenvalue weighted by Crippen LogP contribution is -2.10. The Bertz CT molecular complexity index is 780. The van der Waals surface area contributed by atoms with Gasteiger partial charge in [-0.05, 0) is 23.6 Å². The van der Waals surface area contributed by atoms with Crippen molar-refractivity contribution in [1.29, 1.82) is 0 Å². The number of carbonyl (C=O) groups excluding carboxylic acids is 2. The van der Waals surface area contributed by atoms with E-state index in [1.807, 2.05) is 0 Å². The number of hydrogen-bond acceptors (Lipinski definition) is 7. The molecule has 2 rings (SSSR count). The van der Waals surface area contributed by atoms with Gasteiger partial charge in [0.05, 0.1) is 21.3 Å². The Hall–Kier alpha value is -2.96. The van der Waals surface area contributed by atoms with Crippen LogP contribution in [0.4, 0.5) is 0 Å². The van der Waals surface area contributed by atoms with Gasteiger partial charge in [0.25, 0.3) is 0 Å². The molecule has 0 heterocycles. The first-order valence-corrected chi connectivity index (χ1v) is 6.61. The second-order valence-electron chi connectivity index (χ2n) is 4.61. The Balaban J connectivity index is 2.88. The third-order valence-electron chi connectivity index (χ3n) is 3.21. The Kier molecular flexibility index (Phi) is 4.59. The molecule has 2 aromatic carbocycles. The van der Waals surface area contributed by atoms with Crippen molar-refractivity contribution in [2.45, 2.75) is 6.92 Å². The Morgan fingerprint density at radius 2 is 1.61 bits per heavy atom. The largest absolute Gasteiger partial charge is 0.507 e. The van der Waals surface area contributed by atoms with Crippen LogP contribution in [-0.2, 0) is 9.53 Å². The van der Waals surface area contributed by atoms with E-state index < -0.39 is 11.9 Å². The number of carbonyl (C=O) groups is 2. The summed E-state index contributed by atoms with van der Waals surface area (Å²) in [5.41, 5.74) is -0.234. The van der Waals surface area contributed by atoms with E-state index >= 15 is 0 Å². The SMILES string of the molecule is COC(=O)c1c(O)cc2cc(OC)c(OC)cc2c1OC(C)=O. The molecule has 0 saturated carbocycles. The standard InChI is InChI=1S/C16H16O7/c1-8(17)23-15-10-7-13(21-3)12(20-2)6-9(10)5-11(18)14(15)16(19)22-4/h5-7,18H,1-4H3. The molecule has 0 saturated heterocycles. The fraction of sp³-hybridized carbons (Fsp3) is 0.250. The average molecular weight is 320 g/mol. The van der Waals surface area contributed by atoms with Crippen molar-refractivity contribution in [3.8, 4) is 23.0 Å². The topological polar surface area (TPSA) is 91.3 Å². The number of benzene rings is 2. The number of ether oxygens (including phenoxy) is 4. The molecule has 122 valence electrons. The van der Waals surface area contributed by atoms with Crippen LogP contribution in [0.15, 0.2) is 18.2 Å². The Morgan fingerprint density at radius 3 is 2.13 bits per heavy atom. The molecule has 0 radical (unpaired) electrons. The van der Waals surface area contributed by atoms with Crippen LogP contribution in [0.2, 0.25) is 0 Å². The predicted octanol–water partition coefficient (Wildman–Crippen LogP) is 2.27. The van der Waals surface area contributed by atoms with Crippen molar-refractivity contribution in [3.63, 3.8) is 0 Å². The molecule has 0 bridgehead atoms. The summed E-state index contributed by atoms with van der Waals surface area (Å²) in [6, 6.07) is 4.51. The van der Waals surface area contributed by atoms with Crippen LogP contribution in [0.1, 0.15) is 17.3 Å². The molecule has 0 aliphatic heterocycles. The van der Waals surface area contributed by atoms with Gasteiger partial charge in [0, 0.05) is 12.3 Å². The van der Waals surface area contributed by atoms with Crippen molar-refractivity contribution in [2.24, 2.45) is 0 Å². The normalized spacial score (nSPS) is 10.3. The van der Waals surface area contributed by atoms with Gasteiger partial charge in [0.1, 0.15) is 11.3 Å². The molecule has 1 N–H and O–H groups in total. The maximum Gasteiger partial charge on any atom is 0.345 e. The van der Waals surface area contributed by atoms with Gasteiger partial charge in [0.15, 0.2) is 17.2 Å². The van der Waals surface area contributed by atoms with E-state index in [0.717, 1.165) is 7.11 Å². The number of rotatable bonds is 4. The van der Waals surface area contributed by atoms with Crippen LogP contribution < -0.4 is 14.2 Å².